The number of hydrogen-bond donors (Lipinski definition) is 0. The van der Waals surface area contributed by atoms with Crippen LogP contribution in [0.1, 0.15) is 46.1 Å². The zero-order valence-corrected chi connectivity index (χ0v) is 22.9. The normalized spacial score (nSPS) is 19.3. The first-order valence-corrected chi connectivity index (χ1v) is 14.9. The summed E-state index contributed by atoms with van der Waals surface area (Å²) in [6.07, 6.45) is 11.5. The zero-order chi connectivity index (χ0) is 25.2. The predicted molar refractivity (Wildman–Crippen MR) is 141 cm³/mol. The number of benzene rings is 1. The van der Waals surface area contributed by atoms with Crippen LogP contribution in [0.3, 0.4) is 0 Å². The van der Waals surface area contributed by atoms with Crippen molar-refractivity contribution in [2.75, 3.05) is 13.7 Å². The third-order valence-corrected chi connectivity index (χ3v) is 11.1. The van der Waals surface area contributed by atoms with Crippen molar-refractivity contribution >= 4 is 14.6 Å². The van der Waals surface area contributed by atoms with Crippen LogP contribution in [-0.2, 0) is 25.3 Å². The standard InChI is InChI=1S/C28H42O5Si/c1-22-17-19-31-25(20-22)15-16-27(33-34(6,7)28(2,3)4)26(10-8-9-18-29)32-21-23-11-13-24(30-5)14-12-23/h8-9,11-18,25-27H,10,19-21H2,1-7H3/b9-8+,16-15+/t25-,26?,27?/m1/s1. The number of carbonyl (C=O) groups is 1. The van der Waals surface area contributed by atoms with Crippen LogP contribution < -0.4 is 4.74 Å². The first kappa shape index (κ1) is 28.2. The minimum Gasteiger partial charge on any atom is -0.497 e. The molecule has 1 aliphatic rings. The second-order valence-corrected chi connectivity index (χ2v) is 15.1. The highest BCUT2D eigenvalue weighted by Crippen LogP contribution is 2.38. The molecule has 0 saturated heterocycles. The molecule has 0 radical (unpaired) electrons. The molecule has 1 aromatic carbocycles. The van der Waals surface area contributed by atoms with Crippen LogP contribution in [0.25, 0.3) is 0 Å². The van der Waals surface area contributed by atoms with E-state index < -0.39 is 8.32 Å². The van der Waals surface area contributed by atoms with E-state index in [9.17, 15) is 4.79 Å². The number of hydrogen-bond acceptors (Lipinski definition) is 5. The van der Waals surface area contributed by atoms with Crippen LogP contribution in [0.4, 0.5) is 0 Å². The van der Waals surface area contributed by atoms with Gasteiger partial charge in [0, 0.05) is 0 Å². The number of carbonyl (C=O) groups excluding carboxylic acids is 1. The van der Waals surface area contributed by atoms with E-state index in [1.807, 2.05) is 30.3 Å². The zero-order valence-electron chi connectivity index (χ0n) is 21.9. The number of aldehydes is 1. The van der Waals surface area contributed by atoms with E-state index >= 15 is 0 Å². The first-order valence-electron chi connectivity index (χ1n) is 12.0. The van der Waals surface area contributed by atoms with Gasteiger partial charge >= 0.3 is 0 Å². The van der Waals surface area contributed by atoms with Gasteiger partial charge in [0.1, 0.15) is 12.0 Å². The summed E-state index contributed by atoms with van der Waals surface area (Å²) in [6, 6.07) is 7.86. The molecule has 1 aromatic rings. The second-order valence-electron chi connectivity index (χ2n) is 10.4. The fourth-order valence-electron chi connectivity index (χ4n) is 3.38. The Balaban J connectivity index is 2.27. The Morgan fingerprint density at radius 3 is 2.50 bits per heavy atom. The Hall–Kier alpha value is -1.99. The van der Waals surface area contributed by atoms with Gasteiger partial charge < -0.3 is 18.6 Å². The van der Waals surface area contributed by atoms with Gasteiger partial charge in [0.25, 0.3) is 0 Å². The Morgan fingerprint density at radius 2 is 1.91 bits per heavy atom. The third kappa shape index (κ3) is 8.99. The molecule has 34 heavy (non-hydrogen) atoms. The smallest absolute Gasteiger partial charge is 0.193 e. The fraction of sp³-hybridized carbons (Fsp3) is 0.536. The maximum Gasteiger partial charge on any atom is 0.193 e. The lowest BCUT2D eigenvalue weighted by Gasteiger charge is -2.40. The molecule has 0 bridgehead atoms. The molecule has 5 nitrogen and oxygen atoms in total. The lowest BCUT2D eigenvalue weighted by molar-refractivity contribution is -0.104. The number of rotatable bonds is 12. The van der Waals surface area contributed by atoms with E-state index in [1.165, 1.54) is 11.6 Å². The van der Waals surface area contributed by atoms with Crippen LogP contribution in [0.15, 0.2) is 60.2 Å². The maximum absolute atomic E-state index is 10.9. The predicted octanol–water partition coefficient (Wildman–Crippen LogP) is 6.41. The van der Waals surface area contributed by atoms with E-state index in [2.05, 4.69) is 59.0 Å². The quantitative estimate of drug-likeness (QED) is 0.148. The van der Waals surface area contributed by atoms with Crippen molar-refractivity contribution in [3.8, 4) is 5.75 Å². The summed E-state index contributed by atoms with van der Waals surface area (Å²) in [5.74, 6) is 0.813. The van der Waals surface area contributed by atoms with Crippen LogP contribution in [0.5, 0.6) is 5.75 Å². The van der Waals surface area contributed by atoms with Crippen LogP contribution in [-0.4, -0.2) is 46.6 Å². The molecule has 188 valence electrons. The SMILES string of the molecule is COc1ccc(COC(C/C=C/C=O)C(/C=C/[C@@H]2CC(C)=CCO2)O[Si](C)(C)C(C)(C)C)cc1. The highest BCUT2D eigenvalue weighted by Gasteiger charge is 2.40. The molecule has 0 aliphatic carbocycles. The molecule has 3 atom stereocenters. The average molecular weight is 487 g/mol. The minimum absolute atomic E-state index is 0.0308. The summed E-state index contributed by atoms with van der Waals surface area (Å²) < 4.78 is 24.4. The van der Waals surface area contributed by atoms with E-state index in [0.717, 1.165) is 24.0 Å². The maximum atomic E-state index is 10.9. The molecular weight excluding hydrogens is 444 g/mol. The Bertz CT molecular complexity index is 849. The summed E-state index contributed by atoms with van der Waals surface area (Å²) in [4.78, 5) is 10.9. The van der Waals surface area contributed by atoms with Gasteiger partial charge in [0.15, 0.2) is 8.32 Å². The highest BCUT2D eigenvalue weighted by molar-refractivity contribution is 6.74. The molecular formula is C28H42O5Si. The minimum atomic E-state index is -2.09. The molecule has 2 unspecified atom stereocenters. The Morgan fingerprint density at radius 1 is 1.21 bits per heavy atom. The topological polar surface area (TPSA) is 54.0 Å². The summed E-state index contributed by atoms with van der Waals surface area (Å²) in [7, 11) is -0.437. The summed E-state index contributed by atoms with van der Waals surface area (Å²) in [5.41, 5.74) is 2.39. The lowest BCUT2D eigenvalue weighted by Crippen LogP contribution is -2.47. The van der Waals surface area contributed by atoms with Gasteiger partial charge in [-0.3, -0.25) is 4.79 Å². The largest absolute Gasteiger partial charge is 0.497 e. The lowest BCUT2D eigenvalue weighted by atomic mass is 10.0. The molecule has 1 aliphatic heterocycles. The monoisotopic (exact) mass is 486 g/mol. The Labute approximate surface area is 207 Å². The summed E-state index contributed by atoms with van der Waals surface area (Å²) in [6.45, 7) is 14.4. The molecule has 0 saturated carbocycles. The van der Waals surface area contributed by atoms with Gasteiger partial charge in [0.2, 0.25) is 0 Å². The van der Waals surface area contributed by atoms with Crippen molar-refractivity contribution in [1.29, 1.82) is 0 Å². The van der Waals surface area contributed by atoms with Crippen LogP contribution in [0, 0.1) is 0 Å². The van der Waals surface area contributed by atoms with Crippen molar-refractivity contribution < 1.29 is 23.4 Å². The van der Waals surface area contributed by atoms with Gasteiger partial charge in [-0.05, 0) is 61.7 Å². The van der Waals surface area contributed by atoms with Gasteiger partial charge in [-0.15, -0.1) is 0 Å². The van der Waals surface area contributed by atoms with Gasteiger partial charge in [0.05, 0.1) is 38.6 Å². The summed E-state index contributed by atoms with van der Waals surface area (Å²) in [5, 5.41) is 0.0545. The van der Waals surface area contributed by atoms with Gasteiger partial charge in [-0.25, -0.2) is 0 Å². The van der Waals surface area contributed by atoms with E-state index in [4.69, 9.17) is 18.6 Å². The van der Waals surface area contributed by atoms with E-state index in [1.54, 1.807) is 7.11 Å². The first-order chi connectivity index (χ1) is 16.1. The number of ether oxygens (including phenoxy) is 3. The molecule has 0 spiro atoms. The van der Waals surface area contributed by atoms with E-state index in [0.29, 0.717) is 19.6 Å². The second kappa shape index (κ2) is 13.2. The molecule has 0 N–H and O–H groups in total. The highest BCUT2D eigenvalue weighted by atomic mass is 28.4. The molecule has 2 rings (SSSR count). The molecule has 0 fully saturated rings. The van der Waals surface area contributed by atoms with E-state index in [-0.39, 0.29) is 23.4 Å². The van der Waals surface area contributed by atoms with Gasteiger partial charge in [-0.1, -0.05) is 62.8 Å². The van der Waals surface area contributed by atoms with Crippen molar-refractivity contribution in [3.63, 3.8) is 0 Å². The van der Waals surface area contributed by atoms with Crippen molar-refractivity contribution in [2.24, 2.45) is 0 Å². The molecule has 0 aromatic heterocycles. The van der Waals surface area contributed by atoms with Crippen molar-refractivity contribution in [2.45, 2.75) is 83.6 Å². The number of allylic oxidation sites excluding steroid dienone is 1. The average Bonchev–Trinajstić information content (AvgIpc) is 2.78. The molecule has 0 amide bonds. The third-order valence-electron chi connectivity index (χ3n) is 6.59. The van der Waals surface area contributed by atoms with Crippen molar-refractivity contribution in [1.82, 2.24) is 0 Å². The molecule has 1 heterocycles. The molecule has 6 heteroatoms. The van der Waals surface area contributed by atoms with Crippen molar-refractivity contribution in [3.05, 3.63) is 65.8 Å². The Kier molecular flexibility index (Phi) is 11.0. The summed E-state index contributed by atoms with van der Waals surface area (Å²) >= 11 is 0. The number of methoxy groups -OCH3 is 1. The van der Waals surface area contributed by atoms with Crippen LogP contribution >= 0.6 is 0 Å². The fourth-order valence-corrected chi connectivity index (χ4v) is 4.64. The van der Waals surface area contributed by atoms with Crippen LogP contribution in [0.2, 0.25) is 18.1 Å². The van der Waals surface area contributed by atoms with Gasteiger partial charge in [-0.2, -0.15) is 0 Å².